The van der Waals surface area contributed by atoms with Crippen molar-refractivity contribution in [2.24, 2.45) is 10.9 Å². The molecular formula is C27H22F5NO4. The molecule has 5 nitrogen and oxygen atoms in total. The van der Waals surface area contributed by atoms with Crippen molar-refractivity contribution < 1.29 is 41.0 Å². The first-order valence-corrected chi connectivity index (χ1v) is 11.3. The number of halogens is 5. The van der Waals surface area contributed by atoms with Gasteiger partial charge in [-0.05, 0) is 41.0 Å². The van der Waals surface area contributed by atoms with Gasteiger partial charge in [0.2, 0.25) is 0 Å². The summed E-state index contributed by atoms with van der Waals surface area (Å²) in [7, 11) is 1.47. The van der Waals surface area contributed by atoms with Crippen LogP contribution in [-0.2, 0) is 14.3 Å². The molecule has 0 N–H and O–H groups in total. The van der Waals surface area contributed by atoms with E-state index in [2.05, 4.69) is 9.73 Å². The van der Waals surface area contributed by atoms with Crippen molar-refractivity contribution in [3.05, 3.63) is 89.5 Å². The van der Waals surface area contributed by atoms with Crippen LogP contribution in [0.3, 0.4) is 0 Å². The van der Waals surface area contributed by atoms with Gasteiger partial charge in [0, 0.05) is 19.2 Å². The zero-order valence-electron chi connectivity index (χ0n) is 19.6. The van der Waals surface area contributed by atoms with Crippen LogP contribution in [0, 0.1) is 17.6 Å². The number of hydrogen-bond donors (Lipinski definition) is 0. The summed E-state index contributed by atoms with van der Waals surface area (Å²) in [6, 6.07) is 15.0. The summed E-state index contributed by atoms with van der Waals surface area (Å²) < 4.78 is 80.2. The number of alkyl halides is 3. The predicted octanol–water partition coefficient (Wildman–Crippen LogP) is 6.27. The zero-order valence-corrected chi connectivity index (χ0v) is 19.6. The Hall–Kier alpha value is -3.79. The fourth-order valence-electron chi connectivity index (χ4n) is 4.14. The third kappa shape index (κ3) is 6.32. The van der Waals surface area contributed by atoms with E-state index in [1.54, 1.807) is 24.3 Å². The van der Waals surface area contributed by atoms with E-state index < -0.39 is 35.9 Å². The molecule has 3 aromatic carbocycles. The van der Waals surface area contributed by atoms with Gasteiger partial charge in [-0.2, -0.15) is 0 Å². The molecule has 1 heterocycles. The highest BCUT2D eigenvalue weighted by molar-refractivity contribution is 6.04. The van der Waals surface area contributed by atoms with E-state index in [0.717, 1.165) is 12.1 Å². The van der Waals surface area contributed by atoms with Gasteiger partial charge in [-0.1, -0.05) is 42.5 Å². The molecule has 194 valence electrons. The average Bonchev–Trinajstić information content (AvgIpc) is 3.29. The molecule has 0 bridgehead atoms. The number of nitrogens with zero attached hydrogens (tertiary/aromatic N) is 1. The van der Waals surface area contributed by atoms with Crippen molar-refractivity contribution >= 4 is 11.7 Å². The van der Waals surface area contributed by atoms with Crippen LogP contribution in [0.2, 0.25) is 0 Å². The maximum absolute atomic E-state index is 14.4. The molecule has 37 heavy (non-hydrogen) atoms. The zero-order chi connectivity index (χ0) is 26.6. The van der Waals surface area contributed by atoms with E-state index in [1.807, 2.05) is 0 Å². The average molecular weight is 519 g/mol. The molecule has 0 aliphatic carbocycles. The first kappa shape index (κ1) is 26.3. The van der Waals surface area contributed by atoms with Gasteiger partial charge in [-0.25, -0.2) is 8.78 Å². The van der Waals surface area contributed by atoms with Crippen molar-refractivity contribution in [3.8, 4) is 16.9 Å². The highest BCUT2D eigenvalue weighted by atomic mass is 19.4. The Kier molecular flexibility index (Phi) is 7.87. The fraction of sp³-hybridized carbons (Fsp3) is 0.259. The molecule has 0 fully saturated rings. The lowest BCUT2D eigenvalue weighted by molar-refractivity contribution is -0.274. The smallest absolute Gasteiger partial charge is 0.463 e. The number of benzene rings is 3. The third-order valence-corrected chi connectivity index (χ3v) is 5.85. The molecule has 0 unspecified atom stereocenters. The van der Waals surface area contributed by atoms with E-state index in [-0.39, 0.29) is 36.7 Å². The van der Waals surface area contributed by atoms with Gasteiger partial charge in [0.1, 0.15) is 24.0 Å². The highest BCUT2D eigenvalue weighted by Gasteiger charge is 2.39. The summed E-state index contributed by atoms with van der Waals surface area (Å²) in [5.74, 6) is -3.27. The number of carbonyl (C=O) groups excluding carboxylic acids is 1. The van der Waals surface area contributed by atoms with Gasteiger partial charge < -0.3 is 14.2 Å². The Morgan fingerprint density at radius 3 is 2.08 bits per heavy atom. The number of ether oxygens (including phenoxy) is 3. The summed E-state index contributed by atoms with van der Waals surface area (Å²) in [5.41, 5.74) is 1.79. The number of aliphatic imine (C=N–C) groups is 1. The molecule has 3 aromatic rings. The molecule has 0 saturated heterocycles. The van der Waals surface area contributed by atoms with Crippen molar-refractivity contribution in [3.63, 3.8) is 0 Å². The molecule has 2 atom stereocenters. The van der Waals surface area contributed by atoms with E-state index in [4.69, 9.17) is 9.47 Å². The van der Waals surface area contributed by atoms with E-state index in [1.165, 1.54) is 37.4 Å². The maximum Gasteiger partial charge on any atom is 0.573 e. The highest BCUT2D eigenvalue weighted by Crippen LogP contribution is 2.39. The molecule has 0 saturated carbocycles. The SMILES string of the molecule is COCCOC(=O)[C@H]1CC(c2c(F)cccc2F)=N[C@H]1c1ccc(-c2ccc(OC(F)(F)F)cc2)cc1. The Bertz CT molecular complexity index is 1250. The summed E-state index contributed by atoms with van der Waals surface area (Å²) in [4.78, 5) is 17.3. The quantitative estimate of drug-likeness (QED) is 0.200. The summed E-state index contributed by atoms with van der Waals surface area (Å²) in [6.07, 6.45) is -4.80. The van der Waals surface area contributed by atoms with Crippen LogP contribution >= 0.6 is 0 Å². The number of methoxy groups -OCH3 is 1. The minimum absolute atomic E-state index is 0.0171. The fourth-order valence-corrected chi connectivity index (χ4v) is 4.14. The Morgan fingerprint density at radius 1 is 0.919 bits per heavy atom. The molecule has 1 aliphatic rings. The van der Waals surface area contributed by atoms with E-state index in [9.17, 15) is 26.7 Å². The third-order valence-electron chi connectivity index (χ3n) is 5.85. The summed E-state index contributed by atoms with van der Waals surface area (Å²) in [5, 5.41) is 0. The van der Waals surface area contributed by atoms with Gasteiger partial charge >= 0.3 is 12.3 Å². The molecule has 0 radical (unpaired) electrons. The molecule has 1 aliphatic heterocycles. The molecule has 4 rings (SSSR count). The van der Waals surface area contributed by atoms with Crippen LogP contribution in [-0.4, -0.2) is 38.4 Å². The van der Waals surface area contributed by atoms with Gasteiger partial charge in [0.15, 0.2) is 0 Å². The van der Waals surface area contributed by atoms with E-state index >= 15 is 0 Å². The summed E-state index contributed by atoms with van der Waals surface area (Å²) in [6.45, 7) is 0.217. The Balaban J connectivity index is 1.60. The Labute approximate surface area is 209 Å². The second-order valence-electron chi connectivity index (χ2n) is 8.28. The number of rotatable bonds is 8. The Morgan fingerprint density at radius 2 is 1.51 bits per heavy atom. The van der Waals surface area contributed by atoms with Crippen LogP contribution in [0.1, 0.15) is 23.6 Å². The molecule has 0 aromatic heterocycles. The number of hydrogen-bond acceptors (Lipinski definition) is 5. The molecular weight excluding hydrogens is 497 g/mol. The normalized spacial score (nSPS) is 17.4. The minimum atomic E-state index is -4.78. The van der Waals surface area contributed by atoms with Crippen molar-refractivity contribution in [1.29, 1.82) is 0 Å². The second-order valence-corrected chi connectivity index (χ2v) is 8.28. The topological polar surface area (TPSA) is 57.1 Å². The standard InChI is InChI=1S/C27H22F5NO4/c1-35-13-14-36-26(34)20-15-23(24-21(28)3-2-4-22(24)29)33-25(20)18-7-5-16(6-8-18)17-9-11-19(12-10-17)37-27(30,31)32/h2-12,20,25H,13-15H2,1H3/t20-,25-/m0/s1. The first-order valence-electron chi connectivity index (χ1n) is 11.3. The van der Waals surface area contributed by atoms with Crippen LogP contribution in [0.4, 0.5) is 22.0 Å². The number of carbonyl (C=O) groups is 1. The van der Waals surface area contributed by atoms with Crippen LogP contribution < -0.4 is 4.74 Å². The second kappa shape index (κ2) is 11.1. The van der Waals surface area contributed by atoms with Crippen LogP contribution in [0.15, 0.2) is 71.7 Å². The first-order chi connectivity index (χ1) is 17.7. The summed E-state index contributed by atoms with van der Waals surface area (Å²) >= 11 is 0. The monoisotopic (exact) mass is 519 g/mol. The molecule has 0 amide bonds. The molecule has 0 spiro atoms. The van der Waals surface area contributed by atoms with E-state index in [0.29, 0.717) is 16.7 Å². The van der Waals surface area contributed by atoms with Crippen molar-refractivity contribution in [2.75, 3.05) is 20.3 Å². The predicted molar refractivity (Wildman–Crippen MR) is 125 cm³/mol. The van der Waals surface area contributed by atoms with Crippen molar-refractivity contribution in [2.45, 2.75) is 18.8 Å². The molecule has 10 heteroatoms. The van der Waals surface area contributed by atoms with Crippen molar-refractivity contribution in [1.82, 2.24) is 0 Å². The number of esters is 1. The van der Waals surface area contributed by atoms with Gasteiger partial charge in [0.25, 0.3) is 0 Å². The van der Waals surface area contributed by atoms with Gasteiger partial charge in [-0.15, -0.1) is 13.2 Å². The maximum atomic E-state index is 14.4. The van der Waals surface area contributed by atoms with Crippen LogP contribution in [0.25, 0.3) is 11.1 Å². The lowest BCUT2D eigenvalue weighted by atomic mass is 9.90. The van der Waals surface area contributed by atoms with Gasteiger partial charge in [0.05, 0.1) is 24.1 Å². The lowest BCUT2D eigenvalue weighted by Crippen LogP contribution is -2.23. The van der Waals surface area contributed by atoms with Crippen LogP contribution in [0.5, 0.6) is 5.75 Å². The largest absolute Gasteiger partial charge is 0.573 e. The minimum Gasteiger partial charge on any atom is -0.463 e. The van der Waals surface area contributed by atoms with Gasteiger partial charge in [-0.3, -0.25) is 9.79 Å². The lowest BCUT2D eigenvalue weighted by Gasteiger charge is -2.17.